The number of hydrogen-bond donors (Lipinski definition) is 2. The number of benzene rings is 1. The maximum absolute atomic E-state index is 8.61. The van der Waals surface area contributed by atoms with Crippen molar-refractivity contribution in [2.45, 2.75) is 13.0 Å². The van der Waals surface area contributed by atoms with Crippen molar-refractivity contribution in [3.8, 4) is 0 Å². The lowest BCUT2D eigenvalue weighted by molar-refractivity contribution is 0.296. The molecule has 0 aliphatic heterocycles. The van der Waals surface area contributed by atoms with E-state index in [0.717, 1.165) is 35.5 Å². The smallest absolute Gasteiger partial charge is 0.0438 e. The first kappa shape index (κ1) is 17.3. The van der Waals surface area contributed by atoms with Crippen molar-refractivity contribution in [1.82, 2.24) is 5.32 Å². The van der Waals surface area contributed by atoms with E-state index in [1.807, 2.05) is 17.8 Å². The maximum atomic E-state index is 8.61. The van der Waals surface area contributed by atoms with Crippen molar-refractivity contribution in [2.24, 2.45) is 0 Å². The number of nitrogens with one attached hydrogen (secondary N) is 1. The van der Waals surface area contributed by atoms with E-state index in [2.05, 4.69) is 39.4 Å². The molecule has 0 aliphatic rings. The molecule has 0 saturated heterocycles. The zero-order valence-electron chi connectivity index (χ0n) is 9.69. The lowest BCUT2D eigenvalue weighted by Crippen LogP contribution is -2.17. The van der Waals surface area contributed by atoms with E-state index in [4.69, 9.17) is 5.11 Å². The van der Waals surface area contributed by atoms with Gasteiger partial charge in [-0.2, -0.15) is 11.8 Å². The third-order valence-electron chi connectivity index (χ3n) is 2.14. The summed E-state index contributed by atoms with van der Waals surface area (Å²) < 4.78 is 1.16. The number of rotatable bonds is 8. The Morgan fingerprint density at radius 2 is 2.00 bits per heavy atom. The summed E-state index contributed by atoms with van der Waals surface area (Å²) in [6.07, 6.45) is 0.898. The predicted molar refractivity (Wildman–Crippen MR) is 82.1 cm³/mol. The lowest BCUT2D eigenvalue weighted by atomic mass is 10.2. The first-order chi connectivity index (χ1) is 7.84. The number of halogens is 2. The van der Waals surface area contributed by atoms with Crippen LogP contribution in [0.1, 0.15) is 12.0 Å². The minimum Gasteiger partial charge on any atom is -0.396 e. The number of thioether (sulfide) groups is 1. The second-order valence-electron chi connectivity index (χ2n) is 3.46. The highest BCUT2D eigenvalue weighted by atomic mass is 79.9. The number of aliphatic hydroxyl groups is 1. The van der Waals surface area contributed by atoms with Gasteiger partial charge in [0.1, 0.15) is 0 Å². The van der Waals surface area contributed by atoms with Gasteiger partial charge in [0.15, 0.2) is 0 Å². The van der Waals surface area contributed by atoms with Gasteiger partial charge in [0, 0.05) is 29.9 Å². The van der Waals surface area contributed by atoms with Crippen LogP contribution in [0.15, 0.2) is 28.7 Å². The first-order valence-corrected chi connectivity index (χ1v) is 7.42. The Labute approximate surface area is 122 Å². The van der Waals surface area contributed by atoms with Crippen LogP contribution >= 0.6 is 40.1 Å². The molecular formula is C12H19BrClNOS. The molecule has 2 N–H and O–H groups in total. The SMILES string of the molecule is Cl.OCCCSCCNCc1ccccc1Br. The molecule has 0 unspecified atom stereocenters. The van der Waals surface area contributed by atoms with Gasteiger partial charge in [-0.3, -0.25) is 0 Å². The minimum absolute atomic E-state index is 0. The zero-order chi connectivity index (χ0) is 11.6. The molecule has 1 aromatic carbocycles. The van der Waals surface area contributed by atoms with Crippen LogP contribution in [0.5, 0.6) is 0 Å². The molecule has 0 fully saturated rings. The van der Waals surface area contributed by atoms with Crippen LogP contribution in [-0.2, 0) is 6.54 Å². The quantitative estimate of drug-likeness (QED) is 0.713. The van der Waals surface area contributed by atoms with Crippen LogP contribution in [0.3, 0.4) is 0 Å². The van der Waals surface area contributed by atoms with Crippen molar-refractivity contribution < 1.29 is 5.11 Å². The van der Waals surface area contributed by atoms with Gasteiger partial charge in [0.05, 0.1) is 0 Å². The molecule has 0 bridgehead atoms. The molecule has 0 heterocycles. The first-order valence-electron chi connectivity index (χ1n) is 5.47. The third kappa shape index (κ3) is 8.06. The van der Waals surface area contributed by atoms with Crippen LogP contribution in [0.25, 0.3) is 0 Å². The van der Waals surface area contributed by atoms with Crippen molar-refractivity contribution in [2.75, 3.05) is 24.7 Å². The number of hydrogen-bond acceptors (Lipinski definition) is 3. The fourth-order valence-electron chi connectivity index (χ4n) is 1.28. The minimum atomic E-state index is 0. The van der Waals surface area contributed by atoms with E-state index >= 15 is 0 Å². The van der Waals surface area contributed by atoms with Gasteiger partial charge in [-0.05, 0) is 23.8 Å². The average Bonchev–Trinajstić information content (AvgIpc) is 2.30. The average molecular weight is 341 g/mol. The highest BCUT2D eigenvalue weighted by Gasteiger charge is 1.97. The van der Waals surface area contributed by atoms with Gasteiger partial charge in [-0.15, -0.1) is 12.4 Å². The van der Waals surface area contributed by atoms with Crippen LogP contribution in [-0.4, -0.2) is 29.8 Å². The molecule has 1 rings (SSSR count). The van der Waals surface area contributed by atoms with Gasteiger partial charge < -0.3 is 10.4 Å². The molecule has 0 radical (unpaired) electrons. The van der Waals surface area contributed by atoms with E-state index in [0.29, 0.717) is 6.61 Å². The largest absolute Gasteiger partial charge is 0.396 e. The van der Waals surface area contributed by atoms with E-state index in [1.165, 1.54) is 5.56 Å². The Hall–Kier alpha value is 0.260. The van der Waals surface area contributed by atoms with Crippen LogP contribution < -0.4 is 5.32 Å². The van der Waals surface area contributed by atoms with Crippen LogP contribution in [0, 0.1) is 0 Å². The second kappa shape index (κ2) is 11.4. The molecule has 17 heavy (non-hydrogen) atoms. The monoisotopic (exact) mass is 339 g/mol. The lowest BCUT2D eigenvalue weighted by Gasteiger charge is -2.06. The van der Waals surface area contributed by atoms with E-state index in [9.17, 15) is 0 Å². The zero-order valence-corrected chi connectivity index (χ0v) is 12.9. The highest BCUT2D eigenvalue weighted by molar-refractivity contribution is 9.10. The second-order valence-corrected chi connectivity index (χ2v) is 5.54. The fourth-order valence-corrected chi connectivity index (χ4v) is 2.53. The van der Waals surface area contributed by atoms with Crippen molar-refractivity contribution in [3.05, 3.63) is 34.3 Å². The van der Waals surface area contributed by atoms with Crippen molar-refractivity contribution >= 4 is 40.1 Å². The molecule has 0 aromatic heterocycles. The highest BCUT2D eigenvalue weighted by Crippen LogP contribution is 2.15. The molecule has 98 valence electrons. The van der Waals surface area contributed by atoms with Crippen LogP contribution in [0.2, 0.25) is 0 Å². The molecule has 0 amide bonds. The molecule has 0 spiro atoms. The summed E-state index contributed by atoms with van der Waals surface area (Å²) in [5, 5.41) is 12.0. The predicted octanol–water partition coefficient (Wildman–Crippen LogP) is 3.08. The van der Waals surface area contributed by atoms with E-state index in [-0.39, 0.29) is 12.4 Å². The van der Waals surface area contributed by atoms with E-state index in [1.54, 1.807) is 0 Å². The summed E-state index contributed by atoms with van der Waals surface area (Å²) in [6, 6.07) is 8.26. The Bertz CT molecular complexity index is 302. The molecule has 0 aliphatic carbocycles. The van der Waals surface area contributed by atoms with Gasteiger partial charge in [0.25, 0.3) is 0 Å². The van der Waals surface area contributed by atoms with Gasteiger partial charge in [-0.1, -0.05) is 34.1 Å². The third-order valence-corrected chi connectivity index (χ3v) is 3.99. The molecule has 1 aromatic rings. The standard InChI is InChI=1S/C12H18BrNOS.ClH/c13-12-5-2-1-4-11(12)10-14-6-9-16-8-3-7-15;/h1-2,4-5,14-15H,3,6-10H2;1H. The molecule has 0 saturated carbocycles. The number of aliphatic hydroxyl groups excluding tert-OH is 1. The summed E-state index contributed by atoms with van der Waals surface area (Å²) in [7, 11) is 0. The van der Waals surface area contributed by atoms with Crippen molar-refractivity contribution in [3.63, 3.8) is 0 Å². The summed E-state index contributed by atoms with van der Waals surface area (Å²) in [5.74, 6) is 2.15. The molecule has 2 nitrogen and oxygen atoms in total. The summed E-state index contributed by atoms with van der Waals surface area (Å²) >= 11 is 5.41. The normalized spacial score (nSPS) is 10.0. The van der Waals surface area contributed by atoms with Crippen molar-refractivity contribution in [1.29, 1.82) is 0 Å². The molecule has 5 heteroatoms. The summed E-state index contributed by atoms with van der Waals surface area (Å²) in [6.45, 7) is 2.22. The maximum Gasteiger partial charge on any atom is 0.0438 e. The Kier molecular flexibility index (Phi) is 11.5. The molecule has 0 atom stereocenters. The summed E-state index contributed by atoms with van der Waals surface area (Å²) in [4.78, 5) is 0. The Morgan fingerprint density at radius 3 is 2.71 bits per heavy atom. The Morgan fingerprint density at radius 1 is 1.24 bits per heavy atom. The van der Waals surface area contributed by atoms with Gasteiger partial charge >= 0.3 is 0 Å². The van der Waals surface area contributed by atoms with Crippen LogP contribution in [0.4, 0.5) is 0 Å². The van der Waals surface area contributed by atoms with E-state index < -0.39 is 0 Å². The van der Waals surface area contributed by atoms with Gasteiger partial charge in [-0.25, -0.2) is 0 Å². The summed E-state index contributed by atoms with van der Waals surface area (Å²) in [5.41, 5.74) is 1.29. The Balaban J connectivity index is 0.00000256. The topological polar surface area (TPSA) is 32.3 Å². The fraction of sp³-hybridized carbons (Fsp3) is 0.500. The molecular weight excluding hydrogens is 322 g/mol. The van der Waals surface area contributed by atoms with Gasteiger partial charge in [0.2, 0.25) is 0 Å².